The zero-order valence-corrected chi connectivity index (χ0v) is 25.0. The molecule has 5 rings (SSSR count). The molecule has 0 bridgehead atoms. The van der Waals surface area contributed by atoms with Gasteiger partial charge in [0, 0.05) is 28.4 Å². The molecule has 0 fully saturated rings. The van der Waals surface area contributed by atoms with Gasteiger partial charge in [-0.2, -0.15) is 0 Å². The van der Waals surface area contributed by atoms with E-state index >= 15 is 0 Å². The van der Waals surface area contributed by atoms with E-state index in [-0.39, 0.29) is 22.9 Å². The largest absolute Gasteiger partial charge is 0.321 e. The number of hydrogen-bond donors (Lipinski definition) is 3. The number of rotatable bonds is 11. The first-order valence-electron chi connectivity index (χ1n) is 14.0. The molecular weight excluding hydrogens is 602 g/mol. The summed E-state index contributed by atoms with van der Waals surface area (Å²) >= 11 is 1.33. The number of carbonyl (C=O) groups is 3. The number of carbonyl (C=O) groups excluding carboxylic acids is 3. The van der Waals surface area contributed by atoms with Crippen LogP contribution in [0.1, 0.15) is 26.7 Å². The van der Waals surface area contributed by atoms with E-state index in [9.17, 15) is 24.5 Å². The normalized spacial score (nSPS) is 11.6. The number of amides is 3. The third kappa shape index (κ3) is 8.30. The number of thioether (sulfide) groups is 1. The fraction of sp³-hybridized carbons (Fsp3) is 0.0286. The quantitative estimate of drug-likeness (QED) is 0.0626. The topological polar surface area (TPSA) is 143 Å². The molecule has 1 heterocycles. The van der Waals surface area contributed by atoms with Crippen molar-refractivity contribution in [2.75, 3.05) is 10.6 Å². The Labute approximate surface area is 268 Å². The fourth-order valence-corrected chi connectivity index (χ4v) is 5.38. The predicted octanol–water partition coefficient (Wildman–Crippen LogP) is 6.87. The van der Waals surface area contributed by atoms with Crippen LogP contribution in [-0.4, -0.2) is 27.6 Å². The Bertz CT molecular complexity index is 1870. The molecule has 0 aliphatic carbocycles. The summed E-state index contributed by atoms with van der Waals surface area (Å²) in [6, 6.07) is 35.7. The summed E-state index contributed by atoms with van der Waals surface area (Å²) in [7, 11) is 0. The van der Waals surface area contributed by atoms with Crippen molar-refractivity contribution in [1.29, 1.82) is 0 Å². The molecule has 4 aromatic carbocycles. The van der Waals surface area contributed by atoms with Crippen molar-refractivity contribution in [3.8, 4) is 0 Å². The number of nitrogens with one attached hydrogen (secondary N) is 3. The molecule has 1 atom stereocenters. The Morgan fingerprint density at radius 1 is 0.761 bits per heavy atom. The lowest BCUT2D eigenvalue weighted by molar-refractivity contribution is -0.385. The van der Waals surface area contributed by atoms with Crippen molar-refractivity contribution in [2.45, 2.75) is 10.1 Å². The third-order valence-electron chi connectivity index (χ3n) is 6.58. The number of aromatic nitrogens is 1. The highest BCUT2D eigenvalue weighted by molar-refractivity contribution is 8.00. The number of nitro groups is 1. The number of para-hydroxylation sites is 1. The summed E-state index contributed by atoms with van der Waals surface area (Å²) in [4.78, 5) is 55.7. The maximum Gasteiger partial charge on any atom is 0.276 e. The van der Waals surface area contributed by atoms with E-state index in [2.05, 4.69) is 20.9 Å². The molecule has 5 aromatic rings. The Morgan fingerprint density at radius 2 is 1.41 bits per heavy atom. The fourth-order valence-electron chi connectivity index (χ4n) is 4.35. The summed E-state index contributed by atoms with van der Waals surface area (Å²) in [5, 5.41) is 19.2. The van der Waals surface area contributed by atoms with Crippen LogP contribution in [0.25, 0.3) is 6.08 Å². The molecule has 46 heavy (non-hydrogen) atoms. The third-order valence-corrected chi connectivity index (χ3v) is 7.85. The molecular formula is C35H27N5O5S. The highest BCUT2D eigenvalue weighted by Crippen LogP contribution is 2.36. The maximum atomic E-state index is 13.4. The van der Waals surface area contributed by atoms with E-state index in [0.29, 0.717) is 17.1 Å². The van der Waals surface area contributed by atoms with Gasteiger partial charge in [0.15, 0.2) is 0 Å². The Balaban J connectivity index is 1.35. The van der Waals surface area contributed by atoms with Crippen molar-refractivity contribution < 1.29 is 19.3 Å². The Hall–Kier alpha value is -6.07. The molecule has 0 saturated heterocycles. The van der Waals surface area contributed by atoms with Gasteiger partial charge in [-0.25, -0.2) is 4.98 Å². The average Bonchev–Trinajstić information content (AvgIpc) is 3.09. The molecule has 0 aliphatic heterocycles. The van der Waals surface area contributed by atoms with Gasteiger partial charge in [0.2, 0.25) is 5.91 Å². The molecule has 0 spiro atoms. The molecule has 10 nitrogen and oxygen atoms in total. The van der Waals surface area contributed by atoms with E-state index in [1.54, 1.807) is 85.1 Å². The van der Waals surface area contributed by atoms with Gasteiger partial charge in [0.1, 0.15) is 16.8 Å². The number of nitrogens with zero attached hydrogens (tertiary/aromatic N) is 2. The lowest BCUT2D eigenvalue weighted by Crippen LogP contribution is -2.30. The van der Waals surface area contributed by atoms with Gasteiger partial charge >= 0.3 is 0 Å². The number of nitro benzene ring substituents is 1. The van der Waals surface area contributed by atoms with Gasteiger partial charge in [0.05, 0.1) is 10.5 Å². The first-order chi connectivity index (χ1) is 22.4. The predicted molar refractivity (Wildman–Crippen MR) is 178 cm³/mol. The lowest BCUT2D eigenvalue weighted by Gasteiger charge is -2.17. The summed E-state index contributed by atoms with van der Waals surface area (Å²) in [6.07, 6.45) is 2.87. The van der Waals surface area contributed by atoms with E-state index < -0.39 is 22.0 Å². The van der Waals surface area contributed by atoms with Crippen LogP contribution in [0.2, 0.25) is 0 Å². The second-order valence-corrected chi connectivity index (χ2v) is 11.0. The first kappa shape index (κ1) is 31.4. The molecule has 1 aromatic heterocycles. The summed E-state index contributed by atoms with van der Waals surface area (Å²) in [5.74, 6) is -1.04. The van der Waals surface area contributed by atoms with Crippen molar-refractivity contribution in [3.05, 3.63) is 166 Å². The van der Waals surface area contributed by atoms with Crippen LogP contribution in [0.4, 0.5) is 17.2 Å². The van der Waals surface area contributed by atoms with Crippen LogP contribution >= 0.6 is 11.8 Å². The van der Waals surface area contributed by atoms with Gasteiger partial charge in [-0.3, -0.25) is 24.5 Å². The highest BCUT2D eigenvalue weighted by atomic mass is 32.2. The maximum absolute atomic E-state index is 13.4. The molecule has 0 aliphatic rings. The number of hydrogen-bond acceptors (Lipinski definition) is 7. The van der Waals surface area contributed by atoms with Gasteiger partial charge in [-0.05, 0) is 66.2 Å². The van der Waals surface area contributed by atoms with Gasteiger partial charge in [-0.15, -0.1) is 11.8 Å². The van der Waals surface area contributed by atoms with E-state index in [4.69, 9.17) is 0 Å². The molecule has 0 radical (unpaired) electrons. The molecule has 3 N–H and O–H groups in total. The Morgan fingerprint density at radius 3 is 2.09 bits per heavy atom. The van der Waals surface area contributed by atoms with Gasteiger partial charge in [-0.1, -0.05) is 66.7 Å². The molecule has 1 unspecified atom stereocenters. The standard InChI is InChI=1S/C35H27N5O5S/c41-33(25-13-5-2-6-14-25)38-29(23-26-15-7-8-16-30(26)40(44)45)34(42)37-27-18-20-28(21-19-27)46-32(24-11-3-1-4-12-24)35(43)39-31-17-9-10-22-36-31/h1-23,32H,(H,37,42)(H,38,41)(H,36,39,43)/b29-23-. The Kier molecular flexibility index (Phi) is 10.3. The van der Waals surface area contributed by atoms with E-state index in [1.165, 1.54) is 36.0 Å². The van der Waals surface area contributed by atoms with Crippen LogP contribution in [0.15, 0.2) is 144 Å². The van der Waals surface area contributed by atoms with Crippen molar-refractivity contribution in [3.63, 3.8) is 0 Å². The van der Waals surface area contributed by atoms with Crippen LogP contribution in [0.5, 0.6) is 0 Å². The van der Waals surface area contributed by atoms with E-state index in [1.807, 2.05) is 30.3 Å². The smallest absolute Gasteiger partial charge is 0.276 e. The first-order valence-corrected chi connectivity index (χ1v) is 14.9. The van der Waals surface area contributed by atoms with Crippen molar-refractivity contribution in [1.82, 2.24) is 10.3 Å². The highest BCUT2D eigenvalue weighted by Gasteiger charge is 2.23. The van der Waals surface area contributed by atoms with Gasteiger partial charge in [0.25, 0.3) is 17.5 Å². The van der Waals surface area contributed by atoms with Crippen LogP contribution in [0.3, 0.4) is 0 Å². The number of pyridine rings is 1. The molecule has 228 valence electrons. The van der Waals surface area contributed by atoms with E-state index in [0.717, 1.165) is 10.5 Å². The van der Waals surface area contributed by atoms with Gasteiger partial charge < -0.3 is 16.0 Å². The molecule has 11 heteroatoms. The average molecular weight is 630 g/mol. The van der Waals surface area contributed by atoms with Crippen LogP contribution < -0.4 is 16.0 Å². The summed E-state index contributed by atoms with van der Waals surface area (Å²) in [5.41, 5.74) is 1.27. The second kappa shape index (κ2) is 15.1. The minimum absolute atomic E-state index is 0.147. The number of anilines is 2. The number of benzene rings is 4. The van der Waals surface area contributed by atoms with Crippen molar-refractivity contribution >= 4 is 52.8 Å². The summed E-state index contributed by atoms with van der Waals surface area (Å²) < 4.78 is 0. The van der Waals surface area contributed by atoms with Crippen LogP contribution in [-0.2, 0) is 9.59 Å². The molecule has 3 amide bonds. The zero-order valence-electron chi connectivity index (χ0n) is 24.2. The minimum atomic E-state index is -0.681. The summed E-state index contributed by atoms with van der Waals surface area (Å²) in [6.45, 7) is 0. The monoisotopic (exact) mass is 629 g/mol. The molecule has 0 saturated carbocycles. The SMILES string of the molecule is O=C(Nc1ccc(SC(C(=O)Nc2ccccn2)c2ccccc2)cc1)/C(=C/c1ccccc1[N+](=O)[O-])NC(=O)c1ccccc1. The minimum Gasteiger partial charge on any atom is -0.321 e. The second-order valence-electron chi connectivity index (χ2n) is 9.79. The lowest BCUT2D eigenvalue weighted by atomic mass is 10.1. The van der Waals surface area contributed by atoms with Crippen LogP contribution in [0, 0.1) is 10.1 Å². The zero-order chi connectivity index (χ0) is 32.3. The van der Waals surface area contributed by atoms with Crippen molar-refractivity contribution in [2.24, 2.45) is 0 Å².